The molecule has 0 spiro atoms. The smallest absolute Gasteiger partial charge is 0.330 e. The first kappa shape index (κ1) is 12.7. The van der Waals surface area contributed by atoms with Crippen LogP contribution in [0.3, 0.4) is 0 Å². The van der Waals surface area contributed by atoms with Crippen molar-refractivity contribution in [1.82, 2.24) is 9.55 Å². The Balaban J connectivity index is 2.45. The largest absolute Gasteiger partial charge is 0.394 e. The zero-order valence-corrected chi connectivity index (χ0v) is 9.12. The summed E-state index contributed by atoms with van der Waals surface area (Å²) in [6.45, 7) is -0.521. The van der Waals surface area contributed by atoms with Gasteiger partial charge in [-0.2, -0.15) is 0 Å². The van der Waals surface area contributed by atoms with Crippen LogP contribution in [0.15, 0.2) is 33.8 Å². The van der Waals surface area contributed by atoms with E-state index in [1.165, 1.54) is 0 Å². The van der Waals surface area contributed by atoms with Crippen LogP contribution in [0.4, 0.5) is 4.39 Å². The molecule has 98 valence electrons. The van der Waals surface area contributed by atoms with Gasteiger partial charge < -0.3 is 14.9 Å². The molecule has 2 rings (SSSR count). The van der Waals surface area contributed by atoms with Crippen LogP contribution in [-0.4, -0.2) is 38.6 Å². The maximum absolute atomic E-state index is 12.7. The standard InChI is InChI=1S/C10H11FN2O5/c11-3-5-8(16)6(4-14)18-9(5)13-2-1-7(15)12-10(13)17/h1-3,6,8-9,14,16H,4H2,(H,12,15,17)/b5-3+/t6-,8-,9-/m1/s1. The summed E-state index contributed by atoms with van der Waals surface area (Å²) in [5.41, 5.74) is -1.58. The number of hydrogen-bond acceptors (Lipinski definition) is 5. The molecule has 2 heterocycles. The minimum Gasteiger partial charge on any atom is -0.394 e. The number of aliphatic hydroxyl groups is 2. The van der Waals surface area contributed by atoms with Crippen LogP contribution in [0.2, 0.25) is 0 Å². The molecule has 3 atom stereocenters. The molecule has 1 aromatic rings. The summed E-state index contributed by atoms with van der Waals surface area (Å²) < 4.78 is 18.8. The van der Waals surface area contributed by atoms with Crippen molar-refractivity contribution in [1.29, 1.82) is 0 Å². The fraction of sp³-hybridized carbons (Fsp3) is 0.400. The Hall–Kier alpha value is -1.77. The number of rotatable bonds is 2. The zero-order valence-electron chi connectivity index (χ0n) is 9.12. The van der Waals surface area contributed by atoms with Crippen LogP contribution in [0.5, 0.6) is 0 Å². The molecular formula is C10H11FN2O5. The fourth-order valence-electron chi connectivity index (χ4n) is 1.78. The highest BCUT2D eigenvalue weighted by atomic mass is 19.1. The van der Waals surface area contributed by atoms with E-state index in [4.69, 9.17) is 9.84 Å². The van der Waals surface area contributed by atoms with E-state index < -0.39 is 36.3 Å². The summed E-state index contributed by atoms with van der Waals surface area (Å²) in [5.74, 6) is 0. The maximum atomic E-state index is 12.7. The second kappa shape index (κ2) is 4.84. The summed E-state index contributed by atoms with van der Waals surface area (Å²) in [5, 5.41) is 18.6. The quantitative estimate of drug-likeness (QED) is 0.607. The first-order chi connectivity index (χ1) is 8.58. The Kier molecular flexibility index (Phi) is 3.41. The van der Waals surface area contributed by atoms with Gasteiger partial charge in [-0.25, -0.2) is 9.18 Å². The third-order valence-electron chi connectivity index (χ3n) is 2.69. The molecule has 1 aliphatic heterocycles. The molecular weight excluding hydrogens is 247 g/mol. The van der Waals surface area contributed by atoms with Crippen molar-refractivity contribution in [3.05, 3.63) is 45.0 Å². The van der Waals surface area contributed by atoms with Gasteiger partial charge in [-0.1, -0.05) is 0 Å². The minimum atomic E-state index is -1.34. The van der Waals surface area contributed by atoms with Crippen LogP contribution >= 0.6 is 0 Å². The van der Waals surface area contributed by atoms with E-state index in [1.807, 2.05) is 4.98 Å². The molecule has 0 unspecified atom stereocenters. The van der Waals surface area contributed by atoms with Crippen LogP contribution in [0.1, 0.15) is 6.23 Å². The Morgan fingerprint density at radius 3 is 2.83 bits per heavy atom. The number of ether oxygens (including phenoxy) is 1. The van der Waals surface area contributed by atoms with Crippen LogP contribution < -0.4 is 11.2 Å². The Bertz CT molecular complexity index is 578. The van der Waals surface area contributed by atoms with E-state index in [2.05, 4.69) is 0 Å². The van der Waals surface area contributed by atoms with E-state index in [0.29, 0.717) is 0 Å². The average molecular weight is 258 g/mol. The van der Waals surface area contributed by atoms with Crippen LogP contribution in [0.25, 0.3) is 0 Å². The van der Waals surface area contributed by atoms with Crippen molar-refractivity contribution >= 4 is 0 Å². The highest BCUT2D eigenvalue weighted by molar-refractivity contribution is 5.16. The number of nitrogens with zero attached hydrogens (tertiary/aromatic N) is 1. The van der Waals surface area contributed by atoms with Gasteiger partial charge >= 0.3 is 5.69 Å². The predicted octanol–water partition coefficient (Wildman–Crippen LogP) is -1.36. The van der Waals surface area contributed by atoms with Gasteiger partial charge in [0.25, 0.3) is 5.56 Å². The number of hydrogen-bond donors (Lipinski definition) is 3. The molecule has 0 radical (unpaired) electrons. The molecule has 1 aliphatic rings. The van der Waals surface area contributed by atoms with Gasteiger partial charge in [0.05, 0.1) is 12.9 Å². The highest BCUT2D eigenvalue weighted by Crippen LogP contribution is 2.33. The van der Waals surface area contributed by atoms with Crippen molar-refractivity contribution < 1.29 is 19.3 Å². The van der Waals surface area contributed by atoms with Crippen LogP contribution in [-0.2, 0) is 4.74 Å². The van der Waals surface area contributed by atoms with Gasteiger partial charge in [0.2, 0.25) is 0 Å². The van der Waals surface area contributed by atoms with E-state index in [9.17, 15) is 19.1 Å². The van der Waals surface area contributed by atoms with E-state index in [-0.39, 0.29) is 11.9 Å². The number of aliphatic hydroxyl groups excluding tert-OH is 2. The summed E-state index contributed by atoms with van der Waals surface area (Å²) in [6.07, 6.45) is -2.30. The number of aromatic amines is 1. The van der Waals surface area contributed by atoms with E-state index in [1.54, 1.807) is 0 Å². The predicted molar refractivity (Wildman–Crippen MR) is 57.5 cm³/mol. The zero-order chi connectivity index (χ0) is 13.3. The van der Waals surface area contributed by atoms with Gasteiger partial charge in [-0.15, -0.1) is 0 Å². The Morgan fingerprint density at radius 2 is 2.28 bits per heavy atom. The third-order valence-corrected chi connectivity index (χ3v) is 2.69. The summed E-state index contributed by atoms with van der Waals surface area (Å²) >= 11 is 0. The number of H-pyrrole nitrogens is 1. The molecule has 3 N–H and O–H groups in total. The molecule has 1 saturated heterocycles. The molecule has 1 fully saturated rings. The number of halogens is 1. The first-order valence-electron chi connectivity index (χ1n) is 5.14. The lowest BCUT2D eigenvalue weighted by Gasteiger charge is -2.14. The maximum Gasteiger partial charge on any atom is 0.330 e. The molecule has 7 nitrogen and oxygen atoms in total. The van der Waals surface area contributed by atoms with Crippen molar-refractivity contribution in [3.63, 3.8) is 0 Å². The summed E-state index contributed by atoms with van der Waals surface area (Å²) in [7, 11) is 0. The summed E-state index contributed by atoms with van der Waals surface area (Å²) in [4.78, 5) is 24.4. The SMILES string of the molecule is O=c1ccn([C@@H]2O[C@H](CO)[C@H](O)/C2=C\F)c(=O)[nH]1. The molecule has 0 aliphatic carbocycles. The van der Waals surface area contributed by atoms with Crippen molar-refractivity contribution in [3.8, 4) is 0 Å². The third kappa shape index (κ3) is 2.01. The van der Waals surface area contributed by atoms with Gasteiger partial charge in [0, 0.05) is 17.8 Å². The molecule has 0 aromatic carbocycles. The molecule has 0 saturated carbocycles. The number of aromatic nitrogens is 2. The molecule has 0 bridgehead atoms. The van der Waals surface area contributed by atoms with Crippen LogP contribution in [0, 0.1) is 0 Å². The first-order valence-corrected chi connectivity index (χ1v) is 5.14. The molecule has 8 heteroatoms. The fourth-order valence-corrected chi connectivity index (χ4v) is 1.78. The lowest BCUT2D eigenvalue weighted by Crippen LogP contribution is -2.32. The second-order valence-corrected chi connectivity index (χ2v) is 3.78. The van der Waals surface area contributed by atoms with Crippen molar-refractivity contribution in [2.45, 2.75) is 18.4 Å². The summed E-state index contributed by atoms with van der Waals surface area (Å²) in [6, 6.07) is 1.07. The van der Waals surface area contributed by atoms with Gasteiger partial charge in [0.1, 0.15) is 12.2 Å². The van der Waals surface area contributed by atoms with Gasteiger partial charge in [-0.3, -0.25) is 14.3 Å². The molecule has 0 amide bonds. The van der Waals surface area contributed by atoms with Crippen molar-refractivity contribution in [2.75, 3.05) is 6.61 Å². The lowest BCUT2D eigenvalue weighted by atomic mass is 10.1. The average Bonchev–Trinajstić information content (AvgIpc) is 2.65. The normalized spacial score (nSPS) is 29.9. The van der Waals surface area contributed by atoms with Crippen molar-refractivity contribution in [2.24, 2.45) is 0 Å². The second-order valence-electron chi connectivity index (χ2n) is 3.78. The molecule has 18 heavy (non-hydrogen) atoms. The van der Waals surface area contributed by atoms with Gasteiger partial charge in [-0.05, 0) is 0 Å². The number of nitrogens with one attached hydrogen (secondary N) is 1. The Morgan fingerprint density at radius 1 is 1.56 bits per heavy atom. The minimum absolute atomic E-state index is 0.128. The highest BCUT2D eigenvalue weighted by Gasteiger charge is 2.40. The lowest BCUT2D eigenvalue weighted by molar-refractivity contribution is -0.0448. The Labute approximate surface area is 99.8 Å². The topological polar surface area (TPSA) is 105 Å². The van der Waals surface area contributed by atoms with Gasteiger partial charge in [0.15, 0.2) is 6.23 Å². The van der Waals surface area contributed by atoms with E-state index in [0.717, 1.165) is 16.8 Å². The molecule has 1 aromatic heterocycles. The monoisotopic (exact) mass is 258 g/mol. The van der Waals surface area contributed by atoms with E-state index >= 15 is 0 Å².